The number of hydrogen-bond donors (Lipinski definition) is 2. The largest absolute Gasteiger partial charge is 0.497 e. The molecule has 2 amide bonds. The monoisotopic (exact) mass is 412 g/mol. The van der Waals surface area contributed by atoms with E-state index in [1.54, 1.807) is 12.1 Å². The molecule has 0 spiro atoms. The smallest absolute Gasteiger partial charge is 0.416 e. The van der Waals surface area contributed by atoms with Crippen LogP contribution in [0.4, 0.5) is 24.5 Å². The normalized spacial score (nSPS) is 11.4. The molecular formula is C19H16ClF3N2O3. The molecule has 2 aromatic carbocycles. The number of alkyl halides is 3. The molecule has 0 aliphatic heterocycles. The lowest BCUT2D eigenvalue weighted by Gasteiger charge is -2.12. The Labute approximate surface area is 164 Å². The van der Waals surface area contributed by atoms with Crippen molar-refractivity contribution in [2.75, 3.05) is 17.7 Å². The van der Waals surface area contributed by atoms with E-state index in [0.717, 1.165) is 24.3 Å². The SMILES string of the molecule is COc1ccc(NC(C)=O)c(NC(=O)/C=C/c2cc(C(F)(F)F)ccc2Cl)c1. The van der Waals surface area contributed by atoms with Gasteiger partial charge in [0.2, 0.25) is 11.8 Å². The highest BCUT2D eigenvalue weighted by Gasteiger charge is 2.30. The van der Waals surface area contributed by atoms with Crippen LogP contribution < -0.4 is 15.4 Å². The molecule has 5 nitrogen and oxygen atoms in total. The Morgan fingerprint density at radius 1 is 1.07 bits per heavy atom. The summed E-state index contributed by atoms with van der Waals surface area (Å²) < 4.78 is 43.5. The second-order valence-electron chi connectivity index (χ2n) is 5.65. The average molecular weight is 413 g/mol. The van der Waals surface area contributed by atoms with Crippen molar-refractivity contribution in [1.82, 2.24) is 0 Å². The van der Waals surface area contributed by atoms with E-state index in [2.05, 4.69) is 10.6 Å². The maximum atomic E-state index is 12.8. The van der Waals surface area contributed by atoms with Crippen LogP contribution in [-0.4, -0.2) is 18.9 Å². The number of rotatable bonds is 5. The minimum atomic E-state index is -4.52. The average Bonchev–Trinajstić information content (AvgIpc) is 2.61. The van der Waals surface area contributed by atoms with Crippen molar-refractivity contribution in [3.05, 3.63) is 58.6 Å². The van der Waals surface area contributed by atoms with Crippen LogP contribution in [0.1, 0.15) is 18.1 Å². The van der Waals surface area contributed by atoms with Gasteiger partial charge in [0.25, 0.3) is 0 Å². The molecule has 2 N–H and O–H groups in total. The lowest BCUT2D eigenvalue weighted by molar-refractivity contribution is -0.137. The summed E-state index contributed by atoms with van der Waals surface area (Å²) in [4.78, 5) is 23.5. The second kappa shape index (κ2) is 8.79. The maximum absolute atomic E-state index is 12.8. The summed E-state index contributed by atoms with van der Waals surface area (Å²) in [6.07, 6.45) is -2.31. The summed E-state index contributed by atoms with van der Waals surface area (Å²) in [6, 6.07) is 7.45. The summed E-state index contributed by atoms with van der Waals surface area (Å²) in [6.45, 7) is 1.31. The highest BCUT2D eigenvalue weighted by molar-refractivity contribution is 6.32. The fraction of sp³-hybridized carbons (Fsp3) is 0.158. The van der Waals surface area contributed by atoms with E-state index in [0.29, 0.717) is 11.4 Å². The first-order chi connectivity index (χ1) is 13.1. The Hall–Kier alpha value is -3.00. The molecule has 148 valence electrons. The highest BCUT2D eigenvalue weighted by Crippen LogP contribution is 2.32. The minimum absolute atomic E-state index is 0.0411. The number of nitrogens with one attached hydrogen (secondary N) is 2. The van der Waals surface area contributed by atoms with Gasteiger partial charge in [0.1, 0.15) is 5.75 Å². The molecule has 2 aromatic rings. The Balaban J connectivity index is 2.24. The maximum Gasteiger partial charge on any atom is 0.416 e. The first-order valence-corrected chi connectivity index (χ1v) is 8.29. The van der Waals surface area contributed by atoms with Crippen molar-refractivity contribution < 1.29 is 27.5 Å². The van der Waals surface area contributed by atoms with Gasteiger partial charge in [0, 0.05) is 24.1 Å². The lowest BCUT2D eigenvalue weighted by Crippen LogP contribution is -2.13. The van der Waals surface area contributed by atoms with Crippen molar-refractivity contribution in [2.45, 2.75) is 13.1 Å². The molecule has 0 aliphatic carbocycles. The number of hydrogen-bond acceptors (Lipinski definition) is 3. The molecule has 0 fully saturated rings. The quantitative estimate of drug-likeness (QED) is 0.681. The topological polar surface area (TPSA) is 67.4 Å². The first-order valence-electron chi connectivity index (χ1n) is 7.91. The molecule has 28 heavy (non-hydrogen) atoms. The number of carbonyl (C=O) groups excluding carboxylic acids is 2. The predicted octanol–water partition coefficient (Wildman–Crippen LogP) is 4.98. The van der Waals surface area contributed by atoms with Crippen LogP contribution in [0.2, 0.25) is 5.02 Å². The molecule has 0 heterocycles. The van der Waals surface area contributed by atoms with Crippen molar-refractivity contribution in [2.24, 2.45) is 0 Å². The summed E-state index contributed by atoms with van der Waals surface area (Å²) in [7, 11) is 1.44. The Morgan fingerprint density at radius 2 is 1.79 bits per heavy atom. The number of benzene rings is 2. The zero-order valence-corrected chi connectivity index (χ0v) is 15.6. The van der Waals surface area contributed by atoms with Gasteiger partial charge in [-0.2, -0.15) is 13.2 Å². The van der Waals surface area contributed by atoms with E-state index in [4.69, 9.17) is 16.3 Å². The number of anilines is 2. The molecule has 0 aliphatic rings. The molecule has 0 unspecified atom stereocenters. The van der Waals surface area contributed by atoms with Gasteiger partial charge in [-0.3, -0.25) is 9.59 Å². The van der Waals surface area contributed by atoms with Crippen LogP contribution in [0.5, 0.6) is 5.75 Å². The number of halogens is 4. The summed E-state index contributed by atoms with van der Waals surface area (Å²) in [5.74, 6) is -0.533. The third kappa shape index (κ3) is 5.75. The van der Waals surface area contributed by atoms with Gasteiger partial charge in [-0.15, -0.1) is 0 Å². The van der Waals surface area contributed by atoms with Gasteiger partial charge in [0.15, 0.2) is 0 Å². The zero-order valence-electron chi connectivity index (χ0n) is 14.9. The van der Waals surface area contributed by atoms with Crippen molar-refractivity contribution in [1.29, 1.82) is 0 Å². The van der Waals surface area contributed by atoms with Gasteiger partial charge in [-0.25, -0.2) is 0 Å². The molecule has 0 aromatic heterocycles. The van der Waals surface area contributed by atoms with Crippen molar-refractivity contribution in [3.8, 4) is 5.75 Å². The standard InChI is InChI=1S/C19H16ClF3N2O3/c1-11(26)24-16-7-5-14(28-2)10-17(16)25-18(27)8-3-12-9-13(19(21,22)23)4-6-15(12)20/h3-10H,1-2H3,(H,24,26)(H,25,27)/b8-3+. The van der Waals surface area contributed by atoms with Crippen molar-refractivity contribution >= 4 is 40.9 Å². The van der Waals surface area contributed by atoms with Gasteiger partial charge in [-0.1, -0.05) is 11.6 Å². The fourth-order valence-electron chi connectivity index (χ4n) is 2.24. The predicted molar refractivity (Wildman–Crippen MR) is 101 cm³/mol. The number of methoxy groups -OCH3 is 1. The van der Waals surface area contributed by atoms with Gasteiger partial charge in [0.05, 0.1) is 24.0 Å². The Kier molecular flexibility index (Phi) is 6.69. The van der Waals surface area contributed by atoms with E-state index in [9.17, 15) is 22.8 Å². The number of amides is 2. The molecular weight excluding hydrogens is 397 g/mol. The van der Waals surface area contributed by atoms with E-state index in [1.807, 2.05) is 0 Å². The lowest BCUT2D eigenvalue weighted by atomic mass is 10.1. The van der Waals surface area contributed by atoms with E-state index < -0.39 is 17.6 Å². The van der Waals surface area contributed by atoms with Crippen molar-refractivity contribution in [3.63, 3.8) is 0 Å². The number of carbonyl (C=O) groups is 2. The minimum Gasteiger partial charge on any atom is -0.497 e. The Morgan fingerprint density at radius 3 is 2.39 bits per heavy atom. The van der Waals surface area contributed by atoms with Gasteiger partial charge in [-0.05, 0) is 42.0 Å². The van der Waals surface area contributed by atoms with Crippen LogP contribution in [0.25, 0.3) is 6.08 Å². The third-order valence-corrected chi connectivity index (χ3v) is 3.88. The molecule has 0 bridgehead atoms. The fourth-order valence-corrected chi connectivity index (χ4v) is 2.42. The second-order valence-corrected chi connectivity index (χ2v) is 6.06. The Bertz CT molecular complexity index is 927. The van der Waals surface area contributed by atoms with Gasteiger partial charge < -0.3 is 15.4 Å². The molecule has 0 saturated heterocycles. The van der Waals surface area contributed by atoms with Crippen LogP contribution in [0, 0.1) is 0 Å². The zero-order chi connectivity index (χ0) is 20.9. The van der Waals surface area contributed by atoms with Crippen LogP contribution in [-0.2, 0) is 15.8 Å². The molecule has 0 radical (unpaired) electrons. The van der Waals surface area contributed by atoms with E-state index in [-0.39, 0.29) is 22.2 Å². The third-order valence-electron chi connectivity index (χ3n) is 3.53. The highest BCUT2D eigenvalue weighted by atomic mass is 35.5. The molecule has 2 rings (SSSR count). The van der Waals surface area contributed by atoms with E-state index >= 15 is 0 Å². The van der Waals surface area contributed by atoms with Crippen LogP contribution >= 0.6 is 11.6 Å². The summed E-state index contributed by atoms with van der Waals surface area (Å²) >= 11 is 5.90. The number of ether oxygens (including phenoxy) is 1. The summed E-state index contributed by atoms with van der Waals surface area (Å²) in [5, 5.41) is 5.16. The molecule has 0 saturated carbocycles. The van der Waals surface area contributed by atoms with Crippen LogP contribution in [0.3, 0.4) is 0 Å². The van der Waals surface area contributed by atoms with E-state index in [1.165, 1.54) is 26.2 Å². The molecule has 0 atom stereocenters. The van der Waals surface area contributed by atoms with Gasteiger partial charge >= 0.3 is 6.18 Å². The summed E-state index contributed by atoms with van der Waals surface area (Å²) in [5.41, 5.74) is -0.233. The van der Waals surface area contributed by atoms with Crippen LogP contribution in [0.15, 0.2) is 42.5 Å². The first kappa shape index (κ1) is 21.3. The molecule has 9 heteroatoms.